The number of oxazole rings is 1. The number of rotatable bonds is 4. The number of aromatic nitrogens is 1. The lowest BCUT2D eigenvalue weighted by Gasteiger charge is -2.03. The third kappa shape index (κ3) is 3.58. The molecule has 0 saturated heterocycles. The highest BCUT2D eigenvalue weighted by Crippen LogP contribution is 2.31. The van der Waals surface area contributed by atoms with Gasteiger partial charge in [-0.15, -0.1) is 0 Å². The molecule has 0 spiro atoms. The maximum atomic E-state index is 10.9. The standard InChI is InChI=1S/C22H17N3O4/c1-13-6-9-20-18(10-13)24-22(29-20)15-7-8-17(14(2)11-15)23-12-16-4-3-5-19(21(16)26)25(27)28/h3-12,26H,1-2H3. The average molecular weight is 387 g/mol. The second-order valence-electron chi connectivity index (χ2n) is 6.72. The van der Waals surface area contributed by atoms with Crippen molar-refractivity contribution >= 4 is 28.7 Å². The van der Waals surface area contributed by atoms with E-state index in [0.717, 1.165) is 27.8 Å². The second kappa shape index (κ2) is 7.20. The predicted octanol–water partition coefficient (Wildman–Crippen LogP) is 5.48. The zero-order chi connectivity index (χ0) is 20.5. The number of aryl methyl sites for hydroxylation is 2. The Balaban J connectivity index is 1.64. The summed E-state index contributed by atoms with van der Waals surface area (Å²) >= 11 is 0. The molecule has 0 bridgehead atoms. The molecule has 1 heterocycles. The van der Waals surface area contributed by atoms with Crippen LogP contribution < -0.4 is 0 Å². The summed E-state index contributed by atoms with van der Waals surface area (Å²) < 4.78 is 5.84. The van der Waals surface area contributed by atoms with Crippen molar-refractivity contribution in [2.45, 2.75) is 13.8 Å². The third-order valence-corrected chi connectivity index (χ3v) is 4.57. The molecule has 0 unspecified atom stereocenters. The Hall–Kier alpha value is -4.00. The highest BCUT2D eigenvalue weighted by atomic mass is 16.6. The molecule has 7 heteroatoms. The third-order valence-electron chi connectivity index (χ3n) is 4.57. The van der Waals surface area contributed by atoms with Crippen LogP contribution in [0, 0.1) is 24.0 Å². The van der Waals surface area contributed by atoms with E-state index in [1.54, 1.807) is 6.07 Å². The SMILES string of the molecule is Cc1ccc2oc(-c3ccc(N=Cc4cccc([N+](=O)[O-])c4O)c(C)c3)nc2c1. The van der Waals surface area contributed by atoms with Crippen LogP contribution in [0.4, 0.5) is 11.4 Å². The first-order valence-corrected chi connectivity index (χ1v) is 8.91. The van der Waals surface area contributed by atoms with E-state index < -0.39 is 10.7 Å². The Morgan fingerprint density at radius 1 is 1.14 bits per heavy atom. The van der Waals surface area contributed by atoms with Gasteiger partial charge in [-0.25, -0.2) is 4.98 Å². The van der Waals surface area contributed by atoms with Gasteiger partial charge in [0, 0.05) is 23.4 Å². The van der Waals surface area contributed by atoms with Gasteiger partial charge < -0.3 is 9.52 Å². The van der Waals surface area contributed by atoms with Gasteiger partial charge >= 0.3 is 5.69 Å². The zero-order valence-corrected chi connectivity index (χ0v) is 15.8. The molecular weight excluding hydrogens is 370 g/mol. The van der Waals surface area contributed by atoms with E-state index in [9.17, 15) is 15.2 Å². The summed E-state index contributed by atoms with van der Waals surface area (Å²) in [7, 11) is 0. The highest BCUT2D eigenvalue weighted by Gasteiger charge is 2.15. The first kappa shape index (κ1) is 18.4. The Bertz CT molecular complexity index is 1270. The fraction of sp³-hybridized carbons (Fsp3) is 0.0909. The number of phenolic OH excluding ortho intramolecular Hbond substituents is 1. The maximum Gasteiger partial charge on any atom is 0.311 e. The monoisotopic (exact) mass is 387 g/mol. The number of fused-ring (bicyclic) bond motifs is 1. The van der Waals surface area contributed by atoms with Crippen LogP contribution in [0.5, 0.6) is 5.75 Å². The van der Waals surface area contributed by atoms with E-state index in [-0.39, 0.29) is 11.3 Å². The van der Waals surface area contributed by atoms with Gasteiger partial charge in [0.25, 0.3) is 0 Å². The number of aliphatic imine (C=N–C) groups is 1. The van der Waals surface area contributed by atoms with Crippen molar-refractivity contribution in [2.24, 2.45) is 4.99 Å². The molecule has 3 aromatic carbocycles. The normalized spacial score (nSPS) is 11.4. The number of hydrogen-bond acceptors (Lipinski definition) is 6. The predicted molar refractivity (Wildman–Crippen MR) is 111 cm³/mol. The molecule has 144 valence electrons. The van der Waals surface area contributed by atoms with Crippen LogP contribution >= 0.6 is 0 Å². The molecular formula is C22H17N3O4. The van der Waals surface area contributed by atoms with Crippen LogP contribution in [-0.4, -0.2) is 21.2 Å². The van der Waals surface area contributed by atoms with E-state index in [0.29, 0.717) is 11.6 Å². The van der Waals surface area contributed by atoms with Crippen LogP contribution in [-0.2, 0) is 0 Å². The number of benzene rings is 3. The second-order valence-corrected chi connectivity index (χ2v) is 6.72. The smallest absolute Gasteiger partial charge is 0.311 e. The van der Waals surface area contributed by atoms with Crippen molar-refractivity contribution in [3.63, 3.8) is 0 Å². The number of nitro benzene ring substituents is 1. The van der Waals surface area contributed by atoms with Crippen molar-refractivity contribution < 1.29 is 14.4 Å². The minimum absolute atomic E-state index is 0.275. The molecule has 7 nitrogen and oxygen atoms in total. The van der Waals surface area contributed by atoms with Gasteiger partial charge in [0.2, 0.25) is 11.6 Å². The molecule has 0 aliphatic rings. The van der Waals surface area contributed by atoms with E-state index in [1.165, 1.54) is 18.3 Å². The molecule has 1 aromatic heterocycles. The molecule has 1 N–H and O–H groups in total. The molecule has 0 atom stereocenters. The topological polar surface area (TPSA) is 102 Å². The first-order valence-electron chi connectivity index (χ1n) is 8.91. The molecule has 0 radical (unpaired) electrons. The van der Waals surface area contributed by atoms with Crippen molar-refractivity contribution in [1.29, 1.82) is 0 Å². The summed E-state index contributed by atoms with van der Waals surface area (Å²) in [6.07, 6.45) is 1.41. The van der Waals surface area contributed by atoms with Gasteiger partial charge in [-0.2, -0.15) is 0 Å². The zero-order valence-electron chi connectivity index (χ0n) is 15.8. The van der Waals surface area contributed by atoms with Crippen molar-refractivity contribution in [3.8, 4) is 17.2 Å². The van der Waals surface area contributed by atoms with Crippen molar-refractivity contribution in [1.82, 2.24) is 4.98 Å². The lowest BCUT2D eigenvalue weighted by atomic mass is 10.1. The highest BCUT2D eigenvalue weighted by molar-refractivity contribution is 5.87. The van der Waals surface area contributed by atoms with E-state index in [2.05, 4.69) is 9.98 Å². The molecule has 4 aromatic rings. The van der Waals surface area contributed by atoms with Crippen LogP contribution in [0.2, 0.25) is 0 Å². The Labute approximate surface area is 166 Å². The lowest BCUT2D eigenvalue weighted by molar-refractivity contribution is -0.385. The molecule has 4 rings (SSSR count). The van der Waals surface area contributed by atoms with Gasteiger partial charge in [0.05, 0.1) is 10.6 Å². The van der Waals surface area contributed by atoms with Gasteiger partial charge in [0.15, 0.2) is 5.58 Å². The number of para-hydroxylation sites is 1. The fourth-order valence-electron chi connectivity index (χ4n) is 3.03. The molecule has 0 amide bonds. The van der Waals surface area contributed by atoms with Crippen molar-refractivity contribution in [3.05, 3.63) is 81.4 Å². The number of hydrogen-bond donors (Lipinski definition) is 1. The van der Waals surface area contributed by atoms with Gasteiger partial charge in [-0.1, -0.05) is 12.1 Å². The minimum atomic E-state index is -0.630. The number of nitrogens with zero attached hydrogens (tertiary/aromatic N) is 3. The van der Waals surface area contributed by atoms with Crippen LogP contribution in [0.3, 0.4) is 0 Å². The molecule has 0 aliphatic carbocycles. The Morgan fingerprint density at radius 3 is 2.72 bits per heavy atom. The molecule has 0 saturated carbocycles. The van der Waals surface area contributed by atoms with Gasteiger partial charge in [0.1, 0.15) is 5.52 Å². The summed E-state index contributed by atoms with van der Waals surface area (Å²) in [5.41, 5.74) is 4.95. The Morgan fingerprint density at radius 2 is 1.97 bits per heavy atom. The summed E-state index contributed by atoms with van der Waals surface area (Å²) in [5.74, 6) is 0.123. The van der Waals surface area contributed by atoms with E-state index in [1.807, 2.05) is 50.2 Å². The summed E-state index contributed by atoms with van der Waals surface area (Å²) in [4.78, 5) is 19.2. The summed E-state index contributed by atoms with van der Waals surface area (Å²) in [6.45, 7) is 3.90. The van der Waals surface area contributed by atoms with Gasteiger partial charge in [-0.3, -0.25) is 15.1 Å². The largest absolute Gasteiger partial charge is 0.502 e. The summed E-state index contributed by atoms with van der Waals surface area (Å²) in [5, 5.41) is 21.0. The first-order chi connectivity index (χ1) is 13.9. The molecule has 29 heavy (non-hydrogen) atoms. The van der Waals surface area contributed by atoms with Crippen LogP contribution in [0.25, 0.3) is 22.6 Å². The minimum Gasteiger partial charge on any atom is -0.502 e. The fourth-order valence-corrected chi connectivity index (χ4v) is 3.03. The molecule has 0 fully saturated rings. The molecule has 0 aliphatic heterocycles. The van der Waals surface area contributed by atoms with E-state index >= 15 is 0 Å². The maximum absolute atomic E-state index is 10.9. The lowest BCUT2D eigenvalue weighted by Crippen LogP contribution is -1.91. The van der Waals surface area contributed by atoms with Crippen LogP contribution in [0.15, 0.2) is 64.0 Å². The Kier molecular flexibility index (Phi) is 4.56. The number of aromatic hydroxyl groups is 1. The van der Waals surface area contributed by atoms with Gasteiger partial charge in [-0.05, 0) is 61.4 Å². The van der Waals surface area contributed by atoms with E-state index in [4.69, 9.17) is 4.42 Å². The van der Waals surface area contributed by atoms with Crippen molar-refractivity contribution in [2.75, 3.05) is 0 Å². The quantitative estimate of drug-likeness (QED) is 0.284. The number of nitro groups is 1. The average Bonchev–Trinajstić information content (AvgIpc) is 3.11. The van der Waals surface area contributed by atoms with Crippen LogP contribution in [0.1, 0.15) is 16.7 Å². The summed E-state index contributed by atoms with van der Waals surface area (Å²) in [6, 6.07) is 15.7. The number of phenols is 1.